The van der Waals surface area contributed by atoms with E-state index in [0.29, 0.717) is 34.7 Å². The topological polar surface area (TPSA) is 55.6 Å². The lowest BCUT2D eigenvalue weighted by atomic mass is 10.1. The van der Waals surface area contributed by atoms with Gasteiger partial charge in [-0.3, -0.25) is 0 Å². The van der Waals surface area contributed by atoms with Crippen molar-refractivity contribution in [2.75, 3.05) is 12.0 Å². The zero-order chi connectivity index (χ0) is 17.6. The molecule has 2 atom stereocenters. The molecular formula is C19H20N2O3S. The van der Waals surface area contributed by atoms with Crippen LogP contribution in [0.5, 0.6) is 5.75 Å². The minimum absolute atomic E-state index is 0.392. The van der Waals surface area contributed by atoms with Crippen LogP contribution in [0, 0.1) is 0 Å². The number of thiazole rings is 1. The second kappa shape index (κ2) is 6.19. The number of ether oxygens (including phenoxy) is 1. The highest BCUT2D eigenvalue weighted by Crippen LogP contribution is 2.35. The van der Waals surface area contributed by atoms with Crippen LogP contribution in [0.25, 0.3) is 22.2 Å². The van der Waals surface area contributed by atoms with E-state index in [9.17, 15) is 4.79 Å². The number of aromatic nitrogens is 1. The summed E-state index contributed by atoms with van der Waals surface area (Å²) in [6.45, 7) is 4.45. The molecule has 0 saturated carbocycles. The SMILES string of the molecule is COc1cccc2cc(-c3csc(N4C(C)CCC4C)n3)c(=O)oc12. The molecule has 3 heterocycles. The summed E-state index contributed by atoms with van der Waals surface area (Å²) in [6, 6.07) is 8.35. The number of para-hydroxylation sites is 1. The second-order valence-electron chi connectivity index (χ2n) is 6.52. The molecule has 2 aromatic heterocycles. The van der Waals surface area contributed by atoms with Crippen LogP contribution < -0.4 is 15.3 Å². The third-order valence-corrected chi connectivity index (χ3v) is 5.74. The molecule has 1 aliphatic rings. The lowest BCUT2D eigenvalue weighted by molar-refractivity contribution is 0.407. The molecule has 1 aliphatic heterocycles. The van der Waals surface area contributed by atoms with Crippen molar-refractivity contribution in [1.29, 1.82) is 0 Å². The molecule has 0 amide bonds. The van der Waals surface area contributed by atoms with Crippen molar-refractivity contribution >= 4 is 27.4 Å². The Hall–Kier alpha value is -2.34. The maximum atomic E-state index is 12.5. The number of benzene rings is 1. The maximum absolute atomic E-state index is 12.5. The number of anilines is 1. The first-order chi connectivity index (χ1) is 12.1. The van der Waals surface area contributed by atoms with Crippen molar-refractivity contribution in [3.63, 3.8) is 0 Å². The Balaban J connectivity index is 1.78. The Morgan fingerprint density at radius 3 is 2.76 bits per heavy atom. The van der Waals surface area contributed by atoms with E-state index in [1.165, 1.54) is 12.8 Å². The van der Waals surface area contributed by atoms with Gasteiger partial charge >= 0.3 is 5.63 Å². The molecule has 0 spiro atoms. The van der Waals surface area contributed by atoms with Gasteiger partial charge in [0.2, 0.25) is 0 Å². The highest BCUT2D eigenvalue weighted by molar-refractivity contribution is 7.14. The number of hydrogen-bond donors (Lipinski definition) is 0. The van der Waals surface area contributed by atoms with Gasteiger partial charge in [-0.2, -0.15) is 0 Å². The normalized spacial score (nSPS) is 20.4. The molecule has 0 N–H and O–H groups in total. The Labute approximate surface area is 149 Å². The summed E-state index contributed by atoms with van der Waals surface area (Å²) in [6.07, 6.45) is 2.35. The standard InChI is InChI=1S/C19H20N2O3S/c1-11-7-8-12(2)21(11)19-20-15(10-25-19)14-9-13-5-4-6-16(23-3)17(13)24-18(14)22/h4-6,9-12H,7-8H2,1-3H3. The first kappa shape index (κ1) is 16.1. The first-order valence-electron chi connectivity index (χ1n) is 8.43. The van der Waals surface area contributed by atoms with Crippen LogP contribution in [0.15, 0.2) is 38.9 Å². The van der Waals surface area contributed by atoms with Gasteiger partial charge in [-0.25, -0.2) is 9.78 Å². The molecule has 0 bridgehead atoms. The first-order valence-corrected chi connectivity index (χ1v) is 9.31. The van der Waals surface area contributed by atoms with E-state index >= 15 is 0 Å². The fraction of sp³-hybridized carbons (Fsp3) is 0.368. The minimum Gasteiger partial charge on any atom is -0.493 e. The maximum Gasteiger partial charge on any atom is 0.345 e. The summed E-state index contributed by atoms with van der Waals surface area (Å²) in [5.74, 6) is 0.555. The summed E-state index contributed by atoms with van der Waals surface area (Å²) in [5, 5.41) is 3.73. The average molecular weight is 356 g/mol. The molecule has 1 saturated heterocycles. The molecule has 2 unspecified atom stereocenters. The van der Waals surface area contributed by atoms with E-state index in [-0.39, 0.29) is 0 Å². The van der Waals surface area contributed by atoms with Crippen molar-refractivity contribution in [2.24, 2.45) is 0 Å². The number of hydrogen-bond acceptors (Lipinski definition) is 6. The van der Waals surface area contributed by atoms with Crippen molar-refractivity contribution in [1.82, 2.24) is 4.98 Å². The van der Waals surface area contributed by atoms with Crippen molar-refractivity contribution in [2.45, 2.75) is 38.8 Å². The molecule has 130 valence electrons. The molecule has 1 aromatic carbocycles. The van der Waals surface area contributed by atoms with Gasteiger partial charge in [-0.1, -0.05) is 12.1 Å². The summed E-state index contributed by atoms with van der Waals surface area (Å²) < 4.78 is 10.8. The number of fused-ring (bicyclic) bond motifs is 1. The Morgan fingerprint density at radius 1 is 1.28 bits per heavy atom. The lowest BCUT2D eigenvalue weighted by Crippen LogP contribution is -2.32. The summed E-state index contributed by atoms with van der Waals surface area (Å²) in [7, 11) is 1.56. The van der Waals surface area contributed by atoms with Crippen molar-refractivity contribution in [3.05, 3.63) is 40.1 Å². The molecule has 25 heavy (non-hydrogen) atoms. The van der Waals surface area contributed by atoms with E-state index < -0.39 is 5.63 Å². The van der Waals surface area contributed by atoms with Crippen LogP contribution in [0.4, 0.5) is 5.13 Å². The second-order valence-corrected chi connectivity index (χ2v) is 7.36. The van der Waals surface area contributed by atoms with Gasteiger partial charge in [0.25, 0.3) is 0 Å². The van der Waals surface area contributed by atoms with E-state index in [1.807, 2.05) is 23.6 Å². The zero-order valence-electron chi connectivity index (χ0n) is 14.5. The monoisotopic (exact) mass is 356 g/mol. The molecule has 6 heteroatoms. The zero-order valence-corrected chi connectivity index (χ0v) is 15.3. The van der Waals surface area contributed by atoms with Crippen molar-refractivity contribution < 1.29 is 9.15 Å². The molecule has 5 nitrogen and oxygen atoms in total. The molecule has 1 fully saturated rings. The molecule has 4 rings (SSSR count). The van der Waals surface area contributed by atoms with E-state index in [2.05, 4.69) is 18.7 Å². The Morgan fingerprint density at radius 2 is 2.04 bits per heavy atom. The minimum atomic E-state index is -0.392. The highest BCUT2D eigenvalue weighted by Gasteiger charge is 2.29. The fourth-order valence-corrected chi connectivity index (χ4v) is 4.57. The van der Waals surface area contributed by atoms with Crippen LogP contribution >= 0.6 is 11.3 Å². The quantitative estimate of drug-likeness (QED) is 0.655. The largest absolute Gasteiger partial charge is 0.493 e. The van der Waals surface area contributed by atoms with Gasteiger partial charge in [0, 0.05) is 22.8 Å². The van der Waals surface area contributed by atoms with Gasteiger partial charge in [-0.05, 0) is 38.8 Å². The van der Waals surface area contributed by atoms with E-state index in [1.54, 1.807) is 24.5 Å². The fourth-order valence-electron chi connectivity index (χ4n) is 3.54. The number of rotatable bonds is 3. The Kier molecular flexibility index (Phi) is 4.00. The lowest BCUT2D eigenvalue weighted by Gasteiger charge is -2.25. The molecule has 3 aromatic rings. The smallest absolute Gasteiger partial charge is 0.345 e. The van der Waals surface area contributed by atoms with Crippen LogP contribution in [0.1, 0.15) is 26.7 Å². The van der Waals surface area contributed by atoms with Gasteiger partial charge in [0.05, 0.1) is 18.4 Å². The Bertz CT molecular complexity index is 968. The molecule has 0 radical (unpaired) electrons. The number of methoxy groups -OCH3 is 1. The summed E-state index contributed by atoms with van der Waals surface area (Å²) in [5.41, 5.74) is 1.24. The van der Waals surface area contributed by atoms with Crippen LogP contribution in [0.2, 0.25) is 0 Å². The predicted molar refractivity (Wildman–Crippen MR) is 101 cm³/mol. The van der Waals surface area contributed by atoms with Crippen LogP contribution in [0.3, 0.4) is 0 Å². The van der Waals surface area contributed by atoms with E-state index in [4.69, 9.17) is 14.1 Å². The van der Waals surface area contributed by atoms with Gasteiger partial charge in [0.15, 0.2) is 16.5 Å². The number of nitrogens with zero attached hydrogens (tertiary/aromatic N) is 2. The van der Waals surface area contributed by atoms with Crippen molar-refractivity contribution in [3.8, 4) is 17.0 Å². The van der Waals surface area contributed by atoms with E-state index in [0.717, 1.165) is 10.5 Å². The third kappa shape index (κ3) is 2.70. The van der Waals surface area contributed by atoms with Gasteiger partial charge in [0.1, 0.15) is 0 Å². The summed E-state index contributed by atoms with van der Waals surface area (Å²) >= 11 is 1.58. The third-order valence-electron chi connectivity index (χ3n) is 4.88. The van der Waals surface area contributed by atoms with Gasteiger partial charge < -0.3 is 14.1 Å². The summed E-state index contributed by atoms with van der Waals surface area (Å²) in [4.78, 5) is 19.6. The predicted octanol–water partition coefficient (Wildman–Crippen LogP) is 4.30. The van der Waals surface area contributed by atoms with Gasteiger partial charge in [-0.15, -0.1) is 11.3 Å². The molecule has 0 aliphatic carbocycles. The van der Waals surface area contributed by atoms with Crippen LogP contribution in [-0.2, 0) is 0 Å². The van der Waals surface area contributed by atoms with Crippen LogP contribution in [-0.4, -0.2) is 24.2 Å². The highest BCUT2D eigenvalue weighted by atomic mass is 32.1. The molecular weight excluding hydrogens is 336 g/mol. The average Bonchev–Trinajstić information content (AvgIpc) is 3.20.